The molecule has 0 aliphatic carbocycles. The van der Waals surface area contributed by atoms with E-state index in [1.54, 1.807) is 6.92 Å². The molecule has 6 nitrogen and oxygen atoms in total. The number of aryl methyl sites for hydroxylation is 1. The highest BCUT2D eigenvalue weighted by Crippen LogP contribution is 2.24. The summed E-state index contributed by atoms with van der Waals surface area (Å²) in [6, 6.07) is 1.10. The molecule has 0 radical (unpaired) electrons. The third-order valence-electron chi connectivity index (χ3n) is 1.40. The molecule has 76 valence electrons. The Balaban J connectivity index is 3.53. The first-order valence-electron chi connectivity index (χ1n) is 3.38. The summed E-state index contributed by atoms with van der Waals surface area (Å²) < 4.78 is 21.7. The zero-order valence-electron chi connectivity index (χ0n) is 6.97. The van der Waals surface area contributed by atoms with Crippen LogP contribution in [-0.4, -0.2) is 18.3 Å². The van der Waals surface area contributed by atoms with Crippen molar-refractivity contribution in [3.8, 4) is 0 Å². The second-order valence-corrected chi connectivity index (χ2v) is 5.01. The van der Waals surface area contributed by atoms with E-state index in [0.717, 1.165) is 6.07 Å². The Hall–Kier alpha value is -1.21. The zero-order chi connectivity index (χ0) is 10.9. The van der Waals surface area contributed by atoms with Crippen LogP contribution >= 0.6 is 10.7 Å². The van der Waals surface area contributed by atoms with Gasteiger partial charge in [0.1, 0.15) is 0 Å². The summed E-state index contributed by atoms with van der Waals surface area (Å²) in [5.41, 5.74) is -0.124. The third kappa shape index (κ3) is 2.18. The van der Waals surface area contributed by atoms with Crippen molar-refractivity contribution in [3.63, 3.8) is 0 Å². The summed E-state index contributed by atoms with van der Waals surface area (Å²) in [6.07, 6.45) is 1.20. The van der Waals surface area contributed by atoms with E-state index in [4.69, 9.17) is 10.7 Å². The van der Waals surface area contributed by atoms with Crippen molar-refractivity contribution in [2.75, 3.05) is 0 Å². The Morgan fingerprint density at radius 1 is 1.57 bits per heavy atom. The van der Waals surface area contributed by atoms with Crippen molar-refractivity contribution < 1.29 is 13.3 Å². The lowest BCUT2D eigenvalue weighted by Crippen LogP contribution is -2.02. The van der Waals surface area contributed by atoms with Gasteiger partial charge in [-0.25, -0.2) is 13.4 Å². The monoisotopic (exact) mass is 236 g/mol. The average Bonchev–Trinajstić information content (AvgIpc) is 2.01. The lowest BCUT2D eigenvalue weighted by atomic mass is 10.3. The second-order valence-electron chi connectivity index (χ2n) is 2.53. The van der Waals surface area contributed by atoms with Crippen molar-refractivity contribution in [1.82, 2.24) is 4.98 Å². The van der Waals surface area contributed by atoms with Gasteiger partial charge in [-0.2, -0.15) is 0 Å². The molecule has 0 atom stereocenters. The maximum absolute atomic E-state index is 10.9. The smallest absolute Gasteiger partial charge is 0.258 e. The minimum absolute atomic E-state index is 0.487. The van der Waals surface area contributed by atoms with Crippen molar-refractivity contribution in [3.05, 3.63) is 27.9 Å². The first-order chi connectivity index (χ1) is 6.32. The molecule has 0 unspecified atom stereocenters. The quantitative estimate of drug-likeness (QED) is 0.438. The van der Waals surface area contributed by atoms with E-state index >= 15 is 0 Å². The van der Waals surface area contributed by atoms with Gasteiger partial charge in [0.2, 0.25) is 5.03 Å². The van der Waals surface area contributed by atoms with Gasteiger partial charge in [0, 0.05) is 22.9 Å². The molecule has 0 aromatic carbocycles. The molecule has 0 saturated carbocycles. The first-order valence-corrected chi connectivity index (χ1v) is 5.69. The number of rotatable bonds is 2. The van der Waals surface area contributed by atoms with Crippen LogP contribution in [0.25, 0.3) is 0 Å². The molecule has 0 aliphatic heterocycles. The Bertz CT molecular complexity index is 485. The van der Waals surface area contributed by atoms with Gasteiger partial charge < -0.3 is 0 Å². The van der Waals surface area contributed by atoms with Gasteiger partial charge in [-0.05, 0) is 12.5 Å². The number of aromatic nitrogens is 1. The number of nitro groups is 1. The number of nitrogens with zero attached hydrogens (tertiary/aromatic N) is 2. The van der Waals surface area contributed by atoms with Gasteiger partial charge in [0.05, 0.1) is 4.92 Å². The molecule has 1 heterocycles. The van der Waals surface area contributed by atoms with Crippen LogP contribution in [0.5, 0.6) is 0 Å². The van der Waals surface area contributed by atoms with Gasteiger partial charge in [-0.3, -0.25) is 10.1 Å². The van der Waals surface area contributed by atoms with Gasteiger partial charge in [-0.1, -0.05) is 0 Å². The predicted molar refractivity (Wildman–Crippen MR) is 48.7 cm³/mol. The van der Waals surface area contributed by atoms with E-state index in [-0.39, 0.29) is 0 Å². The Kier molecular flexibility index (Phi) is 2.72. The van der Waals surface area contributed by atoms with E-state index < -0.39 is 24.7 Å². The summed E-state index contributed by atoms with van der Waals surface area (Å²) in [5.74, 6) is 0. The van der Waals surface area contributed by atoms with Crippen LogP contribution in [0.3, 0.4) is 0 Å². The number of pyridine rings is 1. The molecule has 0 saturated heterocycles. The van der Waals surface area contributed by atoms with Crippen molar-refractivity contribution in [2.45, 2.75) is 11.9 Å². The molecule has 0 N–H and O–H groups in total. The molecule has 14 heavy (non-hydrogen) atoms. The minimum atomic E-state index is -4.18. The molecule has 1 aromatic heterocycles. The van der Waals surface area contributed by atoms with Crippen LogP contribution in [0.1, 0.15) is 5.56 Å². The highest BCUT2D eigenvalue weighted by molar-refractivity contribution is 8.13. The largest absolute Gasteiger partial charge is 0.308 e. The predicted octanol–water partition coefficient (Wildman–Crippen LogP) is 1.23. The van der Waals surface area contributed by atoms with Crippen LogP contribution in [-0.2, 0) is 9.05 Å². The molecule has 0 aliphatic rings. The lowest BCUT2D eigenvalue weighted by molar-refractivity contribution is -0.388. The van der Waals surface area contributed by atoms with Crippen LogP contribution in [0, 0.1) is 17.0 Å². The van der Waals surface area contributed by atoms with Crippen LogP contribution in [0.15, 0.2) is 17.3 Å². The van der Waals surface area contributed by atoms with Gasteiger partial charge in [0.25, 0.3) is 9.05 Å². The van der Waals surface area contributed by atoms with Crippen LogP contribution in [0.4, 0.5) is 5.69 Å². The summed E-state index contributed by atoms with van der Waals surface area (Å²) in [6.45, 7) is 1.56. The number of hydrogen-bond donors (Lipinski definition) is 0. The topological polar surface area (TPSA) is 90.2 Å². The fourth-order valence-corrected chi connectivity index (χ4v) is 1.78. The summed E-state index contributed by atoms with van der Waals surface area (Å²) in [5, 5.41) is 9.74. The van der Waals surface area contributed by atoms with Crippen LogP contribution in [0.2, 0.25) is 0 Å². The third-order valence-corrected chi connectivity index (χ3v) is 2.61. The lowest BCUT2D eigenvalue weighted by Gasteiger charge is -1.98. The fraction of sp³-hybridized carbons (Fsp3) is 0.167. The van der Waals surface area contributed by atoms with Gasteiger partial charge in [-0.15, -0.1) is 0 Å². The van der Waals surface area contributed by atoms with E-state index in [1.807, 2.05) is 0 Å². The molecular formula is C6H5ClN2O4S. The van der Waals surface area contributed by atoms with Crippen molar-refractivity contribution in [1.29, 1.82) is 0 Å². The highest BCUT2D eigenvalue weighted by Gasteiger charge is 2.25. The maximum atomic E-state index is 10.9. The second kappa shape index (κ2) is 3.50. The fourth-order valence-electron chi connectivity index (χ4n) is 0.860. The molecule has 0 bridgehead atoms. The molecule has 0 spiro atoms. The SMILES string of the molecule is Cc1cnc(S(=O)(=O)Cl)c([N+](=O)[O-])c1. The average molecular weight is 237 g/mol. The summed E-state index contributed by atoms with van der Waals surface area (Å²) >= 11 is 0. The molecular weight excluding hydrogens is 232 g/mol. The number of halogens is 1. The van der Waals surface area contributed by atoms with Crippen molar-refractivity contribution in [2.24, 2.45) is 0 Å². The minimum Gasteiger partial charge on any atom is -0.258 e. The van der Waals surface area contributed by atoms with E-state index in [9.17, 15) is 18.5 Å². The molecule has 0 fully saturated rings. The van der Waals surface area contributed by atoms with E-state index in [1.165, 1.54) is 6.20 Å². The highest BCUT2D eigenvalue weighted by atomic mass is 35.7. The first kappa shape index (κ1) is 10.9. The molecule has 1 aromatic rings. The Morgan fingerprint density at radius 2 is 2.14 bits per heavy atom. The Morgan fingerprint density at radius 3 is 2.57 bits per heavy atom. The number of hydrogen-bond acceptors (Lipinski definition) is 5. The van der Waals surface area contributed by atoms with E-state index in [0.29, 0.717) is 5.56 Å². The van der Waals surface area contributed by atoms with Gasteiger partial charge in [0.15, 0.2) is 0 Å². The van der Waals surface area contributed by atoms with Gasteiger partial charge >= 0.3 is 5.69 Å². The molecule has 8 heteroatoms. The zero-order valence-corrected chi connectivity index (χ0v) is 8.54. The molecule has 0 amide bonds. The van der Waals surface area contributed by atoms with E-state index in [2.05, 4.69) is 4.98 Å². The normalized spacial score (nSPS) is 11.3. The molecule has 1 rings (SSSR count). The maximum Gasteiger partial charge on any atom is 0.308 e. The Labute approximate surface area is 84.1 Å². The summed E-state index contributed by atoms with van der Waals surface area (Å²) in [7, 11) is 0.790. The van der Waals surface area contributed by atoms with Crippen LogP contribution < -0.4 is 0 Å². The summed E-state index contributed by atoms with van der Waals surface area (Å²) in [4.78, 5) is 13.0. The standard InChI is InChI=1S/C6H5ClN2O4S/c1-4-2-5(9(10)11)6(8-3-4)14(7,12)13/h2-3H,1H3. The van der Waals surface area contributed by atoms with Crippen molar-refractivity contribution >= 4 is 25.4 Å².